The smallest absolute Gasteiger partial charge is 0.243 e. The summed E-state index contributed by atoms with van der Waals surface area (Å²) in [5, 5.41) is 8.55. The molecule has 2 aromatic rings. The summed E-state index contributed by atoms with van der Waals surface area (Å²) >= 11 is 0. The minimum absolute atomic E-state index is 0.182. The summed E-state index contributed by atoms with van der Waals surface area (Å²) in [6.07, 6.45) is -1.02. The van der Waals surface area contributed by atoms with Crippen LogP contribution in [0, 0.1) is 24.4 Å². The third-order valence-corrected chi connectivity index (χ3v) is 4.21. The Kier molecular flexibility index (Phi) is 6.26. The highest BCUT2D eigenvalue weighted by Gasteiger charge is 2.29. The first kappa shape index (κ1) is 19.8. The average Bonchev–Trinajstić information content (AvgIpc) is 2.64. The van der Waals surface area contributed by atoms with Crippen molar-refractivity contribution in [1.29, 1.82) is 0 Å². The van der Waals surface area contributed by atoms with Crippen molar-refractivity contribution in [2.45, 2.75) is 39.2 Å². The Hall–Kier alpha value is -2.54. The van der Waals surface area contributed by atoms with Gasteiger partial charge in [-0.1, -0.05) is 37.3 Å². The van der Waals surface area contributed by atoms with E-state index in [4.69, 9.17) is 9.94 Å². The molecule has 2 rings (SSSR count). The number of hydrogen-bond donors (Lipinski definition) is 2. The number of hydrogen-bond acceptors (Lipinski definition) is 3. The van der Waals surface area contributed by atoms with Crippen molar-refractivity contribution in [2.75, 3.05) is 0 Å². The topological polar surface area (TPSA) is 58.6 Å². The fourth-order valence-electron chi connectivity index (χ4n) is 2.75. The van der Waals surface area contributed by atoms with Gasteiger partial charge in [0.1, 0.15) is 11.9 Å². The molecule has 0 saturated heterocycles. The lowest BCUT2D eigenvalue weighted by Crippen LogP contribution is -2.21. The number of carbonyl (C=O) groups excluding carboxylic acids is 1. The third-order valence-electron chi connectivity index (χ3n) is 4.21. The Morgan fingerprint density at radius 3 is 2.31 bits per heavy atom. The van der Waals surface area contributed by atoms with Crippen molar-refractivity contribution in [3.8, 4) is 5.75 Å². The van der Waals surface area contributed by atoms with Crippen molar-refractivity contribution in [2.24, 2.45) is 0 Å². The lowest BCUT2D eigenvalue weighted by Gasteiger charge is -2.21. The van der Waals surface area contributed by atoms with E-state index in [0.717, 1.165) is 5.56 Å². The number of hydroxylamine groups is 1. The fourth-order valence-corrected chi connectivity index (χ4v) is 2.75. The van der Waals surface area contributed by atoms with Gasteiger partial charge in [-0.3, -0.25) is 10.0 Å². The van der Waals surface area contributed by atoms with Gasteiger partial charge >= 0.3 is 0 Å². The second kappa shape index (κ2) is 8.23. The molecule has 2 unspecified atom stereocenters. The van der Waals surface area contributed by atoms with Crippen LogP contribution in [0.5, 0.6) is 5.75 Å². The zero-order chi connectivity index (χ0) is 19.4. The third kappa shape index (κ3) is 3.99. The predicted molar refractivity (Wildman–Crippen MR) is 89.5 cm³/mol. The van der Waals surface area contributed by atoms with Crippen LogP contribution in [0.3, 0.4) is 0 Å². The molecule has 2 atom stereocenters. The van der Waals surface area contributed by atoms with Crippen LogP contribution in [0.2, 0.25) is 0 Å². The van der Waals surface area contributed by atoms with E-state index in [2.05, 4.69) is 0 Å². The molecular weight excluding hydrogens is 347 g/mol. The van der Waals surface area contributed by atoms with E-state index in [1.54, 1.807) is 37.3 Å². The van der Waals surface area contributed by atoms with Crippen LogP contribution in [0.1, 0.15) is 49.0 Å². The maximum absolute atomic E-state index is 14.7. The minimum atomic E-state index is -1.40. The SMILES string of the molecule is Cc1c(F)c(C(C)CC(=O)NO)c(F)c(F)c1OC(C)c1ccccc1. The Bertz CT molecular complexity index is 767. The van der Waals surface area contributed by atoms with Gasteiger partial charge < -0.3 is 4.74 Å². The molecule has 4 nitrogen and oxygen atoms in total. The van der Waals surface area contributed by atoms with Crippen LogP contribution in [-0.2, 0) is 4.79 Å². The molecule has 0 saturated carbocycles. The van der Waals surface area contributed by atoms with Gasteiger partial charge in [-0.25, -0.2) is 14.3 Å². The van der Waals surface area contributed by atoms with E-state index in [0.29, 0.717) is 0 Å². The second-order valence-corrected chi connectivity index (χ2v) is 6.12. The normalized spacial score (nSPS) is 13.2. The molecule has 2 N–H and O–H groups in total. The number of amides is 1. The fraction of sp³-hybridized carbons (Fsp3) is 0.316. The van der Waals surface area contributed by atoms with Crippen LogP contribution < -0.4 is 10.2 Å². The number of ether oxygens (including phenoxy) is 1. The molecule has 0 aliphatic rings. The Labute approximate surface area is 149 Å². The predicted octanol–water partition coefficient (Wildman–Crippen LogP) is 4.55. The average molecular weight is 367 g/mol. The van der Waals surface area contributed by atoms with E-state index in [-0.39, 0.29) is 5.56 Å². The van der Waals surface area contributed by atoms with Crippen molar-refractivity contribution >= 4 is 5.91 Å². The van der Waals surface area contributed by atoms with Crippen LogP contribution in [-0.4, -0.2) is 11.1 Å². The molecule has 0 radical (unpaired) electrons. The first-order valence-corrected chi connectivity index (χ1v) is 8.09. The summed E-state index contributed by atoms with van der Waals surface area (Å²) in [6, 6.07) is 8.87. The van der Waals surface area contributed by atoms with Gasteiger partial charge in [0.05, 0.1) is 0 Å². The monoisotopic (exact) mass is 367 g/mol. The first-order valence-electron chi connectivity index (χ1n) is 8.09. The summed E-state index contributed by atoms with van der Waals surface area (Å²) in [6.45, 7) is 4.29. The highest BCUT2D eigenvalue weighted by Crippen LogP contribution is 2.37. The Morgan fingerprint density at radius 1 is 1.12 bits per heavy atom. The number of benzene rings is 2. The highest BCUT2D eigenvalue weighted by molar-refractivity contribution is 5.75. The molecule has 7 heteroatoms. The molecule has 0 heterocycles. The van der Waals surface area contributed by atoms with E-state index in [9.17, 15) is 18.0 Å². The highest BCUT2D eigenvalue weighted by atomic mass is 19.2. The molecule has 0 fully saturated rings. The number of carbonyl (C=O) groups is 1. The maximum atomic E-state index is 14.7. The zero-order valence-corrected chi connectivity index (χ0v) is 14.6. The molecule has 0 bridgehead atoms. The summed E-state index contributed by atoms with van der Waals surface area (Å²) < 4.78 is 49.2. The van der Waals surface area contributed by atoms with Crippen LogP contribution in [0.4, 0.5) is 13.2 Å². The number of halogens is 3. The van der Waals surface area contributed by atoms with Gasteiger partial charge in [-0.2, -0.15) is 4.39 Å². The van der Waals surface area contributed by atoms with E-state index < -0.39 is 53.1 Å². The van der Waals surface area contributed by atoms with Gasteiger partial charge in [0.25, 0.3) is 0 Å². The molecular formula is C19H20F3NO3. The number of nitrogens with one attached hydrogen (secondary N) is 1. The largest absolute Gasteiger partial charge is 0.482 e. The molecule has 0 spiro atoms. The zero-order valence-electron chi connectivity index (χ0n) is 14.6. The van der Waals surface area contributed by atoms with Crippen LogP contribution in [0.15, 0.2) is 30.3 Å². The van der Waals surface area contributed by atoms with E-state index in [1.165, 1.54) is 19.3 Å². The second-order valence-electron chi connectivity index (χ2n) is 6.12. The van der Waals surface area contributed by atoms with Crippen LogP contribution in [0.25, 0.3) is 0 Å². The molecule has 0 aromatic heterocycles. The first-order chi connectivity index (χ1) is 12.3. The summed E-state index contributed by atoms with van der Waals surface area (Å²) in [7, 11) is 0. The minimum Gasteiger partial charge on any atom is -0.482 e. The van der Waals surface area contributed by atoms with Gasteiger partial charge in [-0.05, 0) is 25.3 Å². The van der Waals surface area contributed by atoms with Crippen molar-refractivity contribution in [1.82, 2.24) is 5.48 Å². The van der Waals surface area contributed by atoms with Crippen molar-refractivity contribution in [3.63, 3.8) is 0 Å². The quantitative estimate of drug-likeness (QED) is 0.447. The molecule has 2 aromatic carbocycles. The van der Waals surface area contributed by atoms with Gasteiger partial charge in [0.15, 0.2) is 11.6 Å². The lowest BCUT2D eigenvalue weighted by atomic mass is 9.93. The summed E-state index contributed by atoms with van der Waals surface area (Å²) in [5.41, 5.74) is 1.38. The Morgan fingerprint density at radius 2 is 1.73 bits per heavy atom. The van der Waals surface area contributed by atoms with Gasteiger partial charge in [0.2, 0.25) is 11.7 Å². The van der Waals surface area contributed by atoms with E-state index >= 15 is 0 Å². The summed E-state index contributed by atoms with van der Waals surface area (Å²) in [5.74, 6) is -5.99. The standard InChI is InChI=1S/C19H20F3NO3/c1-10(9-14(24)23-25)15-16(20)11(2)19(18(22)17(15)21)26-12(3)13-7-5-4-6-8-13/h4-8,10,12,25H,9H2,1-3H3,(H,23,24). The molecule has 0 aliphatic heterocycles. The lowest BCUT2D eigenvalue weighted by molar-refractivity contribution is -0.129. The molecule has 0 aliphatic carbocycles. The van der Waals surface area contributed by atoms with Crippen molar-refractivity contribution < 1.29 is 27.9 Å². The summed E-state index contributed by atoms with van der Waals surface area (Å²) in [4.78, 5) is 11.2. The Balaban J connectivity index is 2.40. The molecule has 140 valence electrons. The van der Waals surface area contributed by atoms with Crippen LogP contribution >= 0.6 is 0 Å². The number of rotatable bonds is 6. The van der Waals surface area contributed by atoms with E-state index in [1.807, 2.05) is 0 Å². The van der Waals surface area contributed by atoms with Crippen molar-refractivity contribution in [3.05, 3.63) is 64.5 Å². The van der Waals surface area contributed by atoms with Gasteiger partial charge in [0, 0.05) is 17.5 Å². The van der Waals surface area contributed by atoms with Gasteiger partial charge in [-0.15, -0.1) is 0 Å². The molecule has 1 amide bonds. The maximum Gasteiger partial charge on any atom is 0.243 e. The molecule has 26 heavy (non-hydrogen) atoms.